The second-order valence-electron chi connectivity index (χ2n) is 9.65. The monoisotopic (exact) mass is 619 g/mol. The fourth-order valence-corrected chi connectivity index (χ4v) is 4.11. The van der Waals surface area contributed by atoms with Crippen molar-refractivity contribution in [3.8, 4) is 5.75 Å². The molecule has 0 aliphatic rings. The number of rotatable bonds is 27. The molecule has 1 aromatic heterocycles. The molecule has 14 heteroatoms. The molecule has 0 saturated heterocycles. The number of nitrogens with zero attached hydrogens (tertiary/aromatic N) is 1. The summed E-state index contributed by atoms with van der Waals surface area (Å²) in [5.41, 5.74) is 0.922. The molecule has 13 nitrogen and oxygen atoms in total. The number of carbonyl (C=O) groups is 2. The molecule has 0 bridgehead atoms. The second-order valence-corrected chi connectivity index (χ2v) is 11.3. The van der Waals surface area contributed by atoms with Crippen LogP contribution in [0.1, 0.15) is 38.1 Å². The molecule has 0 aliphatic carbocycles. The highest BCUT2D eigenvalue weighted by molar-refractivity contribution is 8.01. The summed E-state index contributed by atoms with van der Waals surface area (Å²) in [6.07, 6.45) is 1.01. The number of aliphatic hydroxyl groups is 2. The van der Waals surface area contributed by atoms with E-state index in [0.29, 0.717) is 88.9 Å². The Bertz CT molecular complexity index is 841. The molecule has 0 saturated carbocycles. The third kappa shape index (κ3) is 20.8. The number of amides is 1. The van der Waals surface area contributed by atoms with Gasteiger partial charge in [0.25, 0.3) is 0 Å². The number of hydrogen-bond donors (Lipinski definition) is 4. The van der Waals surface area contributed by atoms with Crippen molar-refractivity contribution in [2.24, 2.45) is 0 Å². The van der Waals surface area contributed by atoms with Crippen LogP contribution in [-0.4, -0.2) is 124 Å². The van der Waals surface area contributed by atoms with Gasteiger partial charge in [-0.15, -0.1) is 11.8 Å². The van der Waals surface area contributed by atoms with Crippen molar-refractivity contribution in [2.75, 3.05) is 92.0 Å². The number of carbonyl (C=O) groups excluding carboxylic acids is 2. The fourth-order valence-electron chi connectivity index (χ4n) is 3.29. The summed E-state index contributed by atoms with van der Waals surface area (Å²) in [5, 5.41) is 24.8. The molecule has 1 heterocycles. The first-order valence-corrected chi connectivity index (χ1v) is 15.1. The molecule has 1 aromatic rings. The van der Waals surface area contributed by atoms with Crippen LogP contribution in [0.4, 0.5) is 0 Å². The minimum absolute atomic E-state index is 0.0328. The van der Waals surface area contributed by atoms with E-state index >= 15 is 0 Å². The first-order chi connectivity index (χ1) is 20.3. The van der Waals surface area contributed by atoms with Crippen LogP contribution in [0.25, 0.3) is 0 Å². The van der Waals surface area contributed by atoms with Gasteiger partial charge in [-0.3, -0.25) is 14.6 Å². The van der Waals surface area contributed by atoms with Crippen molar-refractivity contribution in [1.82, 2.24) is 15.6 Å². The summed E-state index contributed by atoms with van der Waals surface area (Å²) < 4.78 is 31.6. The SMILES string of the molecule is COC(=O)CCOCCOCCOCCOCCNC(=O)CSC(C)(C)CNCCCOc1cc(CO)nc(CO)c1. The van der Waals surface area contributed by atoms with E-state index in [9.17, 15) is 19.8 Å². The lowest BCUT2D eigenvalue weighted by molar-refractivity contribution is -0.142. The minimum atomic E-state index is -0.297. The van der Waals surface area contributed by atoms with E-state index in [4.69, 9.17) is 23.7 Å². The molecule has 0 atom stereocenters. The van der Waals surface area contributed by atoms with E-state index in [1.54, 1.807) is 23.9 Å². The van der Waals surface area contributed by atoms with E-state index in [-0.39, 0.29) is 36.3 Å². The number of hydrogen-bond acceptors (Lipinski definition) is 13. The van der Waals surface area contributed by atoms with Crippen LogP contribution in [0.15, 0.2) is 12.1 Å². The molecule has 4 N–H and O–H groups in total. The predicted octanol–water partition coefficient (Wildman–Crippen LogP) is 0.682. The minimum Gasteiger partial charge on any atom is -0.493 e. The van der Waals surface area contributed by atoms with Gasteiger partial charge in [0.1, 0.15) is 5.75 Å². The van der Waals surface area contributed by atoms with E-state index in [1.165, 1.54) is 7.11 Å². The van der Waals surface area contributed by atoms with Gasteiger partial charge in [-0.25, -0.2) is 0 Å². The Morgan fingerprint density at radius 1 is 0.857 bits per heavy atom. The molecule has 0 aliphatic heterocycles. The normalized spacial score (nSPS) is 11.5. The number of methoxy groups -OCH3 is 1. The van der Waals surface area contributed by atoms with Gasteiger partial charge in [-0.2, -0.15) is 0 Å². The zero-order valence-corrected chi connectivity index (χ0v) is 26.0. The number of esters is 1. The van der Waals surface area contributed by atoms with Crippen molar-refractivity contribution in [2.45, 2.75) is 44.6 Å². The molecule has 242 valence electrons. The van der Waals surface area contributed by atoms with E-state index in [1.807, 2.05) is 0 Å². The van der Waals surface area contributed by atoms with Crippen LogP contribution < -0.4 is 15.4 Å². The molecule has 0 radical (unpaired) electrons. The van der Waals surface area contributed by atoms with Crippen molar-refractivity contribution in [3.05, 3.63) is 23.5 Å². The molecular weight excluding hydrogens is 570 g/mol. The Hall–Kier alpha value is -2.04. The van der Waals surface area contributed by atoms with Gasteiger partial charge in [-0.05, 0) is 26.8 Å². The van der Waals surface area contributed by atoms with E-state index in [2.05, 4.69) is 34.2 Å². The molecule has 0 spiro atoms. The van der Waals surface area contributed by atoms with Crippen LogP contribution in [-0.2, 0) is 46.5 Å². The quantitative estimate of drug-likeness (QED) is 0.0803. The van der Waals surface area contributed by atoms with Gasteiger partial charge in [-0.1, -0.05) is 0 Å². The smallest absolute Gasteiger partial charge is 0.307 e. The fraction of sp³-hybridized carbons (Fsp3) is 0.750. The van der Waals surface area contributed by atoms with Gasteiger partial charge in [0.2, 0.25) is 5.91 Å². The maximum atomic E-state index is 12.2. The highest BCUT2D eigenvalue weighted by atomic mass is 32.2. The third-order valence-corrected chi connectivity index (χ3v) is 6.84. The number of pyridine rings is 1. The third-order valence-electron chi connectivity index (χ3n) is 5.50. The molecule has 0 aromatic carbocycles. The zero-order valence-electron chi connectivity index (χ0n) is 25.2. The van der Waals surface area contributed by atoms with Crippen LogP contribution in [0.5, 0.6) is 5.75 Å². The van der Waals surface area contributed by atoms with Crippen molar-refractivity contribution >= 4 is 23.6 Å². The van der Waals surface area contributed by atoms with Crippen molar-refractivity contribution < 1.29 is 48.2 Å². The summed E-state index contributed by atoms with van der Waals surface area (Å²) >= 11 is 1.59. The number of aliphatic hydroxyl groups excluding tert-OH is 2. The highest BCUT2D eigenvalue weighted by Gasteiger charge is 2.19. The molecule has 42 heavy (non-hydrogen) atoms. The largest absolute Gasteiger partial charge is 0.493 e. The molecule has 0 fully saturated rings. The lowest BCUT2D eigenvalue weighted by atomic mass is 10.2. The molecule has 1 rings (SSSR count). The van der Waals surface area contributed by atoms with Gasteiger partial charge in [0, 0.05) is 30.0 Å². The standard InChI is InChI=1S/C28H49N3O10S/c1-28(2,22-29-6-4-8-41-25-17-23(19-32)31-24(18-25)20-33)42-21-26(34)30-7-10-38-12-14-40-16-15-39-13-11-37-9-5-27(35)36-3/h17-18,29,32-33H,4-16,19-22H2,1-3H3,(H,30,34). The van der Waals surface area contributed by atoms with Gasteiger partial charge in [0.05, 0.1) is 103 Å². The predicted molar refractivity (Wildman–Crippen MR) is 159 cm³/mol. The maximum absolute atomic E-state index is 12.2. The van der Waals surface area contributed by atoms with Crippen molar-refractivity contribution in [3.63, 3.8) is 0 Å². The first kappa shape index (κ1) is 38.0. The summed E-state index contributed by atoms with van der Waals surface area (Å²) in [5.74, 6) is 0.609. The topological polar surface area (TPSA) is 167 Å². The Balaban J connectivity index is 1.94. The van der Waals surface area contributed by atoms with Crippen LogP contribution in [0.3, 0.4) is 0 Å². The number of aromatic nitrogens is 1. The molecule has 1 amide bonds. The van der Waals surface area contributed by atoms with Gasteiger partial charge >= 0.3 is 5.97 Å². The number of nitrogens with one attached hydrogen (secondary N) is 2. The Morgan fingerprint density at radius 3 is 2.00 bits per heavy atom. The first-order valence-electron chi connectivity index (χ1n) is 14.1. The maximum Gasteiger partial charge on any atom is 0.307 e. The van der Waals surface area contributed by atoms with Gasteiger partial charge in [0.15, 0.2) is 0 Å². The lowest BCUT2D eigenvalue weighted by Crippen LogP contribution is -2.36. The number of thioether (sulfide) groups is 1. The van der Waals surface area contributed by atoms with Crippen molar-refractivity contribution in [1.29, 1.82) is 0 Å². The summed E-state index contributed by atoms with van der Waals surface area (Å²) in [6.45, 7) is 9.51. The second kappa shape index (κ2) is 24.4. The van der Waals surface area contributed by atoms with Crippen LogP contribution >= 0.6 is 11.8 Å². The molecular formula is C28H49N3O10S. The number of ether oxygens (including phenoxy) is 6. The Kier molecular flexibility index (Phi) is 22.1. The zero-order chi connectivity index (χ0) is 30.9. The lowest BCUT2D eigenvalue weighted by Gasteiger charge is -2.24. The van der Waals surface area contributed by atoms with E-state index in [0.717, 1.165) is 19.5 Å². The summed E-state index contributed by atoms with van der Waals surface area (Å²) in [7, 11) is 1.34. The summed E-state index contributed by atoms with van der Waals surface area (Å²) in [6, 6.07) is 3.33. The Morgan fingerprint density at radius 2 is 1.43 bits per heavy atom. The van der Waals surface area contributed by atoms with Crippen LogP contribution in [0, 0.1) is 0 Å². The molecule has 0 unspecified atom stereocenters. The Labute approximate surface area is 253 Å². The highest BCUT2D eigenvalue weighted by Crippen LogP contribution is 2.23. The average Bonchev–Trinajstić information content (AvgIpc) is 2.99. The summed E-state index contributed by atoms with van der Waals surface area (Å²) in [4.78, 5) is 27.2. The van der Waals surface area contributed by atoms with Gasteiger partial charge < -0.3 is 49.3 Å². The van der Waals surface area contributed by atoms with E-state index < -0.39 is 0 Å². The van der Waals surface area contributed by atoms with Crippen LogP contribution in [0.2, 0.25) is 0 Å². The average molecular weight is 620 g/mol.